The lowest BCUT2D eigenvalue weighted by Gasteiger charge is -2.21. The highest BCUT2D eigenvalue weighted by Gasteiger charge is 2.23. The number of thioether (sulfide) groups is 1. The van der Waals surface area contributed by atoms with E-state index in [1.165, 1.54) is 24.3 Å². The van der Waals surface area contributed by atoms with Crippen molar-refractivity contribution in [3.05, 3.63) is 23.7 Å². The molecule has 3 nitrogen and oxygen atoms in total. The summed E-state index contributed by atoms with van der Waals surface area (Å²) < 4.78 is 6.09. The average Bonchev–Trinajstić information content (AvgIpc) is 2.73. The van der Waals surface area contributed by atoms with E-state index in [0.29, 0.717) is 4.75 Å². The fraction of sp³-hybridized carbons (Fsp3) is 0.733. The van der Waals surface area contributed by atoms with Crippen LogP contribution in [0.3, 0.4) is 0 Å². The summed E-state index contributed by atoms with van der Waals surface area (Å²) in [6.07, 6.45) is 3.14. The minimum atomic E-state index is 0.425. The van der Waals surface area contributed by atoms with Gasteiger partial charge in [-0.25, -0.2) is 0 Å². The summed E-state index contributed by atoms with van der Waals surface area (Å²) >= 11 is 2.09. The van der Waals surface area contributed by atoms with E-state index in [9.17, 15) is 0 Å². The maximum absolute atomic E-state index is 5.67. The third-order valence-electron chi connectivity index (χ3n) is 3.60. The van der Waals surface area contributed by atoms with Crippen LogP contribution < -0.4 is 5.32 Å². The van der Waals surface area contributed by atoms with Gasteiger partial charge in [-0.2, -0.15) is 11.8 Å². The SMILES string of the molecule is CCNCc1coc(CN2CCSC(C)(C)CC2)c1. The van der Waals surface area contributed by atoms with E-state index >= 15 is 0 Å². The molecule has 0 aliphatic carbocycles. The van der Waals surface area contributed by atoms with Gasteiger partial charge in [0.15, 0.2) is 0 Å². The number of rotatable bonds is 5. The van der Waals surface area contributed by atoms with Gasteiger partial charge >= 0.3 is 0 Å². The number of hydrogen-bond acceptors (Lipinski definition) is 4. The molecule has 19 heavy (non-hydrogen) atoms. The second-order valence-corrected chi connectivity index (χ2v) is 7.64. The fourth-order valence-electron chi connectivity index (χ4n) is 2.31. The Morgan fingerprint density at radius 1 is 1.42 bits per heavy atom. The summed E-state index contributed by atoms with van der Waals surface area (Å²) in [5, 5.41) is 3.33. The van der Waals surface area contributed by atoms with Crippen molar-refractivity contribution in [3.63, 3.8) is 0 Å². The van der Waals surface area contributed by atoms with Crippen molar-refractivity contribution in [1.29, 1.82) is 0 Å². The molecule has 108 valence electrons. The van der Waals surface area contributed by atoms with E-state index in [4.69, 9.17) is 4.42 Å². The number of nitrogens with one attached hydrogen (secondary N) is 1. The van der Waals surface area contributed by atoms with Gasteiger partial charge in [-0.05, 0) is 25.6 Å². The normalized spacial score (nSPS) is 20.4. The first-order chi connectivity index (χ1) is 9.09. The molecule has 0 spiro atoms. The van der Waals surface area contributed by atoms with Crippen LogP contribution in [0.1, 0.15) is 38.5 Å². The molecule has 0 bridgehead atoms. The van der Waals surface area contributed by atoms with E-state index in [-0.39, 0.29) is 0 Å². The maximum atomic E-state index is 5.67. The number of hydrogen-bond donors (Lipinski definition) is 1. The largest absolute Gasteiger partial charge is 0.468 e. The van der Waals surface area contributed by atoms with Crippen LogP contribution in [0.4, 0.5) is 0 Å². The molecule has 1 aliphatic rings. The van der Waals surface area contributed by atoms with Crippen molar-refractivity contribution in [1.82, 2.24) is 10.2 Å². The molecule has 0 unspecified atom stereocenters. The van der Waals surface area contributed by atoms with Gasteiger partial charge in [0.2, 0.25) is 0 Å². The summed E-state index contributed by atoms with van der Waals surface area (Å²) in [6, 6.07) is 2.19. The Labute approximate surface area is 121 Å². The van der Waals surface area contributed by atoms with Gasteiger partial charge in [-0.1, -0.05) is 20.8 Å². The number of furan rings is 1. The lowest BCUT2D eigenvalue weighted by molar-refractivity contribution is 0.253. The van der Waals surface area contributed by atoms with Crippen molar-refractivity contribution < 1.29 is 4.42 Å². The van der Waals surface area contributed by atoms with Gasteiger partial charge in [0, 0.05) is 29.2 Å². The van der Waals surface area contributed by atoms with Crippen LogP contribution in [0.2, 0.25) is 0 Å². The first-order valence-electron chi connectivity index (χ1n) is 7.22. The Hall–Kier alpha value is -0.450. The monoisotopic (exact) mass is 282 g/mol. The molecular weight excluding hydrogens is 256 g/mol. The molecule has 0 radical (unpaired) electrons. The Morgan fingerprint density at radius 2 is 2.26 bits per heavy atom. The van der Waals surface area contributed by atoms with Crippen LogP contribution in [0.15, 0.2) is 16.7 Å². The zero-order valence-corrected chi connectivity index (χ0v) is 13.2. The van der Waals surface area contributed by atoms with Crippen molar-refractivity contribution >= 4 is 11.8 Å². The molecule has 2 heterocycles. The summed E-state index contributed by atoms with van der Waals surface area (Å²) in [7, 11) is 0. The summed E-state index contributed by atoms with van der Waals surface area (Å²) in [6.45, 7) is 12.0. The molecule has 0 saturated carbocycles. The van der Waals surface area contributed by atoms with E-state index in [1.54, 1.807) is 0 Å². The van der Waals surface area contributed by atoms with Gasteiger partial charge in [0.25, 0.3) is 0 Å². The van der Waals surface area contributed by atoms with Crippen LogP contribution in [-0.2, 0) is 13.1 Å². The highest BCUT2D eigenvalue weighted by Crippen LogP contribution is 2.31. The molecular formula is C15H26N2OS. The third kappa shape index (κ3) is 4.86. The van der Waals surface area contributed by atoms with Crippen molar-refractivity contribution in [3.8, 4) is 0 Å². The summed E-state index contributed by atoms with van der Waals surface area (Å²) in [5.41, 5.74) is 1.25. The number of nitrogens with zero attached hydrogens (tertiary/aromatic N) is 1. The predicted octanol–water partition coefficient (Wildman–Crippen LogP) is 3.11. The van der Waals surface area contributed by atoms with E-state index in [1.807, 2.05) is 6.26 Å². The first kappa shape index (κ1) is 14.9. The minimum absolute atomic E-state index is 0.425. The van der Waals surface area contributed by atoms with Crippen LogP contribution in [0.25, 0.3) is 0 Å². The molecule has 0 atom stereocenters. The minimum Gasteiger partial charge on any atom is -0.468 e. The molecule has 1 fully saturated rings. The van der Waals surface area contributed by atoms with Gasteiger partial charge in [0.05, 0.1) is 12.8 Å². The second kappa shape index (κ2) is 6.82. The van der Waals surface area contributed by atoms with Gasteiger partial charge in [-0.15, -0.1) is 0 Å². The molecule has 1 aromatic rings. The third-order valence-corrected chi connectivity index (χ3v) is 4.97. The van der Waals surface area contributed by atoms with Crippen molar-refractivity contribution in [2.75, 3.05) is 25.4 Å². The molecule has 0 aromatic carbocycles. The topological polar surface area (TPSA) is 28.4 Å². The van der Waals surface area contributed by atoms with Crippen LogP contribution in [0, 0.1) is 0 Å². The fourth-order valence-corrected chi connectivity index (χ4v) is 3.45. The highest BCUT2D eigenvalue weighted by molar-refractivity contribution is 8.00. The summed E-state index contributed by atoms with van der Waals surface area (Å²) in [4.78, 5) is 2.51. The van der Waals surface area contributed by atoms with E-state index < -0.39 is 0 Å². The van der Waals surface area contributed by atoms with Crippen molar-refractivity contribution in [2.24, 2.45) is 0 Å². The van der Waals surface area contributed by atoms with Crippen LogP contribution >= 0.6 is 11.8 Å². The van der Waals surface area contributed by atoms with Gasteiger partial charge in [0.1, 0.15) is 5.76 Å². The Kier molecular flexibility index (Phi) is 5.37. The Balaban J connectivity index is 1.85. The van der Waals surface area contributed by atoms with Gasteiger partial charge in [-0.3, -0.25) is 4.90 Å². The molecule has 4 heteroatoms. The molecule has 0 amide bonds. The Morgan fingerprint density at radius 3 is 3.05 bits per heavy atom. The maximum Gasteiger partial charge on any atom is 0.118 e. The lowest BCUT2D eigenvalue weighted by Crippen LogP contribution is -2.26. The molecule has 1 aliphatic heterocycles. The highest BCUT2D eigenvalue weighted by atomic mass is 32.2. The van der Waals surface area contributed by atoms with Crippen LogP contribution in [0.5, 0.6) is 0 Å². The zero-order valence-electron chi connectivity index (χ0n) is 12.4. The molecule has 1 aromatic heterocycles. The lowest BCUT2D eigenvalue weighted by atomic mass is 10.1. The van der Waals surface area contributed by atoms with Crippen molar-refractivity contribution in [2.45, 2.75) is 45.0 Å². The second-order valence-electron chi connectivity index (χ2n) is 5.84. The zero-order chi connectivity index (χ0) is 13.7. The smallest absolute Gasteiger partial charge is 0.118 e. The average molecular weight is 282 g/mol. The Bertz CT molecular complexity index is 389. The van der Waals surface area contributed by atoms with E-state index in [0.717, 1.165) is 31.9 Å². The molecule has 1 N–H and O–H groups in total. The first-order valence-corrected chi connectivity index (χ1v) is 8.21. The molecule has 1 saturated heterocycles. The van der Waals surface area contributed by atoms with Crippen LogP contribution in [-0.4, -0.2) is 35.0 Å². The van der Waals surface area contributed by atoms with E-state index in [2.05, 4.69) is 48.8 Å². The van der Waals surface area contributed by atoms with Gasteiger partial charge < -0.3 is 9.73 Å². The quantitative estimate of drug-likeness (QED) is 0.898. The standard InChI is InChI=1S/C15H26N2OS/c1-4-16-10-13-9-14(18-12-13)11-17-6-5-15(2,3)19-8-7-17/h9,12,16H,4-8,10-11H2,1-3H3. The molecule has 2 rings (SSSR count). The summed E-state index contributed by atoms with van der Waals surface area (Å²) in [5.74, 6) is 2.32. The predicted molar refractivity (Wildman–Crippen MR) is 82.5 cm³/mol.